The number of nitrogens with two attached hydrogens (primary N) is 1. The third-order valence-electron chi connectivity index (χ3n) is 2.43. The monoisotopic (exact) mass is 223 g/mol. The Morgan fingerprint density at radius 1 is 1.57 bits per heavy atom. The zero-order valence-electron chi connectivity index (χ0n) is 8.40. The van der Waals surface area contributed by atoms with E-state index in [2.05, 4.69) is 4.74 Å². The zero-order valence-corrected chi connectivity index (χ0v) is 9.22. The molecule has 1 atom stereocenters. The maximum atomic E-state index is 11.0. The van der Waals surface area contributed by atoms with Crippen molar-refractivity contribution in [1.82, 2.24) is 0 Å². The second-order valence-electron chi connectivity index (χ2n) is 3.42. The number of carbonyl (C=O) groups excluding carboxylic acids is 1. The van der Waals surface area contributed by atoms with Gasteiger partial charge in [-0.05, 0) is 25.2 Å². The van der Waals surface area contributed by atoms with E-state index in [4.69, 9.17) is 10.5 Å². The van der Waals surface area contributed by atoms with Crippen molar-refractivity contribution in [1.29, 1.82) is 0 Å². The van der Waals surface area contributed by atoms with Gasteiger partial charge in [0.25, 0.3) is 0 Å². The van der Waals surface area contributed by atoms with Crippen LogP contribution >= 0.6 is 12.4 Å². The Labute approximate surface area is 90.5 Å². The summed E-state index contributed by atoms with van der Waals surface area (Å²) < 4.78 is 9.77. The lowest BCUT2D eigenvalue weighted by Gasteiger charge is -2.23. The molecule has 1 aliphatic heterocycles. The Morgan fingerprint density at radius 3 is 2.64 bits per heavy atom. The maximum Gasteiger partial charge on any atom is 0.322 e. The number of hydrogen-bond donors (Lipinski definition) is 1. The summed E-state index contributed by atoms with van der Waals surface area (Å²) in [6.45, 7) is 1.58. The van der Waals surface area contributed by atoms with E-state index in [1.54, 1.807) is 0 Å². The minimum absolute atomic E-state index is 0. The molecule has 1 aliphatic rings. The number of halogens is 1. The number of methoxy groups -OCH3 is 1. The van der Waals surface area contributed by atoms with Crippen molar-refractivity contribution in [2.45, 2.75) is 25.3 Å². The Bertz CT molecular complexity index is 171. The topological polar surface area (TPSA) is 61.5 Å². The molecule has 2 N–H and O–H groups in total. The summed E-state index contributed by atoms with van der Waals surface area (Å²) in [5.74, 6) is 0.203. The number of ether oxygens (including phenoxy) is 2. The molecule has 0 bridgehead atoms. The van der Waals surface area contributed by atoms with Crippen LogP contribution in [0.3, 0.4) is 0 Å². The highest BCUT2D eigenvalue weighted by Crippen LogP contribution is 2.19. The van der Waals surface area contributed by atoms with Crippen LogP contribution in [-0.2, 0) is 14.3 Å². The minimum atomic E-state index is -0.465. The molecule has 0 saturated carbocycles. The molecule has 0 unspecified atom stereocenters. The van der Waals surface area contributed by atoms with Gasteiger partial charge in [-0.2, -0.15) is 0 Å². The lowest BCUT2D eigenvalue weighted by Crippen LogP contribution is -2.35. The molecule has 0 aromatic rings. The molecule has 0 aromatic carbocycles. The smallest absolute Gasteiger partial charge is 0.322 e. The molecule has 1 fully saturated rings. The van der Waals surface area contributed by atoms with Gasteiger partial charge in [0.1, 0.15) is 6.04 Å². The van der Waals surface area contributed by atoms with Gasteiger partial charge < -0.3 is 15.2 Å². The summed E-state index contributed by atoms with van der Waals surface area (Å²) in [6, 6.07) is -0.465. The highest BCUT2D eigenvalue weighted by molar-refractivity contribution is 5.85. The summed E-state index contributed by atoms with van der Waals surface area (Å²) in [5, 5.41) is 0. The molecule has 14 heavy (non-hydrogen) atoms. The highest BCUT2D eigenvalue weighted by Gasteiger charge is 2.21. The van der Waals surface area contributed by atoms with Crippen LogP contribution in [0.5, 0.6) is 0 Å². The molecule has 84 valence electrons. The second-order valence-corrected chi connectivity index (χ2v) is 3.42. The van der Waals surface area contributed by atoms with Gasteiger partial charge in [0.2, 0.25) is 0 Å². The second kappa shape index (κ2) is 7.04. The first kappa shape index (κ1) is 13.7. The Balaban J connectivity index is 0.00000169. The molecule has 1 rings (SSSR count). The summed E-state index contributed by atoms with van der Waals surface area (Å²) in [7, 11) is 1.37. The molecule has 0 spiro atoms. The van der Waals surface area contributed by atoms with Gasteiger partial charge >= 0.3 is 5.97 Å². The van der Waals surface area contributed by atoms with E-state index in [9.17, 15) is 4.79 Å². The van der Waals surface area contributed by atoms with E-state index < -0.39 is 6.04 Å². The van der Waals surface area contributed by atoms with Crippen LogP contribution in [0.4, 0.5) is 0 Å². The van der Waals surface area contributed by atoms with Gasteiger partial charge in [-0.1, -0.05) is 0 Å². The molecule has 0 amide bonds. The average Bonchev–Trinajstić information content (AvgIpc) is 2.18. The molecule has 1 heterocycles. The van der Waals surface area contributed by atoms with Crippen molar-refractivity contribution < 1.29 is 14.3 Å². The Kier molecular flexibility index (Phi) is 6.87. The van der Waals surface area contributed by atoms with Crippen LogP contribution in [0, 0.1) is 5.92 Å². The lowest BCUT2D eigenvalue weighted by atomic mass is 9.93. The van der Waals surface area contributed by atoms with Gasteiger partial charge in [0.05, 0.1) is 7.11 Å². The van der Waals surface area contributed by atoms with Crippen LogP contribution in [0.2, 0.25) is 0 Å². The van der Waals surface area contributed by atoms with Crippen LogP contribution in [0.25, 0.3) is 0 Å². The Morgan fingerprint density at radius 2 is 2.14 bits per heavy atom. The van der Waals surface area contributed by atoms with E-state index >= 15 is 0 Å². The fraction of sp³-hybridized carbons (Fsp3) is 0.889. The van der Waals surface area contributed by atoms with Crippen molar-refractivity contribution in [3.8, 4) is 0 Å². The summed E-state index contributed by atoms with van der Waals surface area (Å²) >= 11 is 0. The molecular weight excluding hydrogens is 206 g/mol. The predicted molar refractivity (Wildman–Crippen MR) is 55.4 cm³/mol. The molecular formula is C9H18ClNO3. The van der Waals surface area contributed by atoms with Crippen molar-refractivity contribution in [2.75, 3.05) is 20.3 Å². The molecule has 5 heteroatoms. The quantitative estimate of drug-likeness (QED) is 0.717. The van der Waals surface area contributed by atoms with Crippen LogP contribution in [0.15, 0.2) is 0 Å². The van der Waals surface area contributed by atoms with Gasteiger partial charge in [0, 0.05) is 13.2 Å². The predicted octanol–water partition coefficient (Wildman–Crippen LogP) is 0.725. The highest BCUT2D eigenvalue weighted by atomic mass is 35.5. The number of esters is 1. The van der Waals surface area contributed by atoms with E-state index in [1.807, 2.05) is 0 Å². The number of rotatable bonds is 3. The molecule has 0 aliphatic carbocycles. The van der Waals surface area contributed by atoms with Crippen LogP contribution in [-0.4, -0.2) is 32.3 Å². The fourth-order valence-electron chi connectivity index (χ4n) is 1.59. The SMILES string of the molecule is COC(=O)[C@H](N)CC1CCOCC1.Cl. The van der Waals surface area contributed by atoms with E-state index in [0.29, 0.717) is 5.92 Å². The molecule has 0 aromatic heterocycles. The van der Waals surface area contributed by atoms with E-state index in [1.165, 1.54) is 7.11 Å². The number of carbonyl (C=O) groups is 1. The third-order valence-corrected chi connectivity index (χ3v) is 2.43. The lowest BCUT2D eigenvalue weighted by molar-refractivity contribution is -0.142. The van der Waals surface area contributed by atoms with Crippen molar-refractivity contribution >= 4 is 18.4 Å². The first-order valence-electron chi connectivity index (χ1n) is 4.65. The summed E-state index contributed by atoms with van der Waals surface area (Å²) in [6.07, 6.45) is 2.73. The maximum absolute atomic E-state index is 11.0. The summed E-state index contributed by atoms with van der Waals surface area (Å²) in [5.41, 5.74) is 5.64. The zero-order chi connectivity index (χ0) is 9.68. The first-order valence-corrected chi connectivity index (χ1v) is 4.65. The minimum Gasteiger partial charge on any atom is -0.468 e. The average molecular weight is 224 g/mol. The molecule has 4 nitrogen and oxygen atoms in total. The molecule has 1 saturated heterocycles. The Hall–Kier alpha value is -0.320. The van der Waals surface area contributed by atoms with Gasteiger partial charge in [-0.3, -0.25) is 4.79 Å². The van der Waals surface area contributed by atoms with Crippen molar-refractivity contribution in [2.24, 2.45) is 11.7 Å². The largest absolute Gasteiger partial charge is 0.468 e. The van der Waals surface area contributed by atoms with Crippen molar-refractivity contribution in [3.63, 3.8) is 0 Å². The standard InChI is InChI=1S/C9H17NO3.ClH/c1-12-9(11)8(10)6-7-2-4-13-5-3-7;/h7-8H,2-6,10H2,1H3;1H/t8-;/m1./s1. The van der Waals surface area contributed by atoms with E-state index in [0.717, 1.165) is 32.5 Å². The normalized spacial score (nSPS) is 19.6. The summed E-state index contributed by atoms with van der Waals surface area (Å²) in [4.78, 5) is 11.0. The number of hydrogen-bond acceptors (Lipinski definition) is 4. The van der Waals surface area contributed by atoms with E-state index in [-0.39, 0.29) is 18.4 Å². The van der Waals surface area contributed by atoms with Gasteiger partial charge in [0.15, 0.2) is 0 Å². The van der Waals surface area contributed by atoms with Gasteiger partial charge in [-0.15, -0.1) is 12.4 Å². The van der Waals surface area contributed by atoms with Gasteiger partial charge in [-0.25, -0.2) is 0 Å². The van der Waals surface area contributed by atoms with Crippen LogP contribution in [0.1, 0.15) is 19.3 Å². The van der Waals surface area contributed by atoms with Crippen molar-refractivity contribution in [3.05, 3.63) is 0 Å². The molecule has 0 radical (unpaired) electrons. The fourth-order valence-corrected chi connectivity index (χ4v) is 1.59. The third kappa shape index (κ3) is 4.26. The first-order chi connectivity index (χ1) is 6.24. The van der Waals surface area contributed by atoms with Crippen LogP contribution < -0.4 is 5.73 Å².